The molecule has 2 unspecified atom stereocenters. The number of hydrogen-bond acceptors (Lipinski definition) is 2. The van der Waals surface area contributed by atoms with Crippen molar-refractivity contribution in [2.24, 2.45) is 11.3 Å². The molecule has 0 aliphatic heterocycles. The highest BCUT2D eigenvalue weighted by Crippen LogP contribution is 2.45. The van der Waals surface area contributed by atoms with E-state index in [0.717, 1.165) is 31.4 Å². The van der Waals surface area contributed by atoms with Crippen molar-refractivity contribution in [2.45, 2.75) is 58.5 Å². The SMILES string of the molecule is COc1cccc(CC2(O)CCCCC2C(C)(C)C)c1. The van der Waals surface area contributed by atoms with Crippen LogP contribution in [0.5, 0.6) is 5.75 Å². The molecule has 1 aliphatic carbocycles. The molecule has 0 aromatic heterocycles. The molecule has 1 fully saturated rings. The van der Waals surface area contributed by atoms with Gasteiger partial charge in [0.05, 0.1) is 12.7 Å². The van der Waals surface area contributed by atoms with Crippen LogP contribution < -0.4 is 4.74 Å². The van der Waals surface area contributed by atoms with Gasteiger partial charge in [0, 0.05) is 6.42 Å². The molecule has 2 nitrogen and oxygen atoms in total. The zero-order valence-corrected chi connectivity index (χ0v) is 13.3. The molecule has 2 heteroatoms. The second kappa shape index (κ2) is 5.77. The van der Waals surface area contributed by atoms with Crippen LogP contribution in [0.25, 0.3) is 0 Å². The van der Waals surface area contributed by atoms with Crippen LogP contribution in [-0.4, -0.2) is 17.8 Å². The predicted molar refractivity (Wildman–Crippen MR) is 83.1 cm³/mol. The summed E-state index contributed by atoms with van der Waals surface area (Å²) in [5.74, 6) is 1.23. The van der Waals surface area contributed by atoms with Gasteiger partial charge in [-0.1, -0.05) is 45.7 Å². The van der Waals surface area contributed by atoms with Gasteiger partial charge in [-0.2, -0.15) is 0 Å². The van der Waals surface area contributed by atoms with Crippen molar-refractivity contribution in [3.8, 4) is 5.75 Å². The van der Waals surface area contributed by atoms with Gasteiger partial charge in [0.2, 0.25) is 0 Å². The van der Waals surface area contributed by atoms with Gasteiger partial charge in [0.25, 0.3) is 0 Å². The van der Waals surface area contributed by atoms with Crippen LogP contribution in [0.3, 0.4) is 0 Å². The Morgan fingerprint density at radius 1 is 1.30 bits per heavy atom. The molecule has 2 atom stereocenters. The van der Waals surface area contributed by atoms with E-state index in [9.17, 15) is 5.11 Å². The normalized spacial score (nSPS) is 27.4. The highest BCUT2D eigenvalue weighted by molar-refractivity contribution is 5.29. The van der Waals surface area contributed by atoms with Crippen LogP contribution in [0, 0.1) is 11.3 Å². The summed E-state index contributed by atoms with van der Waals surface area (Å²) in [6, 6.07) is 8.10. The molecule has 0 spiro atoms. The van der Waals surface area contributed by atoms with Gasteiger partial charge in [0.1, 0.15) is 5.75 Å². The van der Waals surface area contributed by atoms with E-state index in [4.69, 9.17) is 4.74 Å². The van der Waals surface area contributed by atoms with E-state index in [1.54, 1.807) is 7.11 Å². The number of aliphatic hydroxyl groups is 1. The maximum atomic E-state index is 11.2. The predicted octanol–water partition coefficient (Wildman–Crippen LogP) is 4.21. The second-order valence-corrected chi connectivity index (χ2v) is 7.30. The quantitative estimate of drug-likeness (QED) is 0.896. The average Bonchev–Trinajstić information content (AvgIpc) is 2.37. The topological polar surface area (TPSA) is 29.5 Å². The average molecular weight is 276 g/mol. The molecule has 20 heavy (non-hydrogen) atoms. The smallest absolute Gasteiger partial charge is 0.119 e. The number of ether oxygens (including phenoxy) is 1. The van der Waals surface area contributed by atoms with Crippen molar-refractivity contribution in [3.63, 3.8) is 0 Å². The Labute approximate surface area is 123 Å². The van der Waals surface area contributed by atoms with Crippen LogP contribution in [0.15, 0.2) is 24.3 Å². The summed E-state index contributed by atoms with van der Waals surface area (Å²) < 4.78 is 5.29. The number of rotatable bonds is 3. The molecule has 0 radical (unpaired) electrons. The van der Waals surface area contributed by atoms with Gasteiger partial charge < -0.3 is 9.84 Å². The van der Waals surface area contributed by atoms with Crippen molar-refractivity contribution in [1.29, 1.82) is 0 Å². The standard InChI is InChI=1S/C18H28O2/c1-17(2,3)16-10-5-6-11-18(16,19)13-14-8-7-9-15(12-14)20-4/h7-9,12,16,19H,5-6,10-11,13H2,1-4H3. The minimum Gasteiger partial charge on any atom is -0.497 e. The minimum atomic E-state index is -0.580. The highest BCUT2D eigenvalue weighted by atomic mass is 16.5. The molecule has 0 amide bonds. The fourth-order valence-corrected chi connectivity index (χ4v) is 3.81. The second-order valence-electron chi connectivity index (χ2n) is 7.30. The molecular weight excluding hydrogens is 248 g/mol. The first-order chi connectivity index (χ1) is 9.35. The van der Waals surface area contributed by atoms with Crippen molar-refractivity contribution in [1.82, 2.24) is 0 Å². The third-order valence-corrected chi connectivity index (χ3v) is 4.69. The van der Waals surface area contributed by atoms with Gasteiger partial charge >= 0.3 is 0 Å². The van der Waals surface area contributed by atoms with Gasteiger partial charge in [-0.3, -0.25) is 0 Å². The molecule has 1 aromatic rings. The van der Waals surface area contributed by atoms with Crippen molar-refractivity contribution >= 4 is 0 Å². The zero-order valence-electron chi connectivity index (χ0n) is 13.3. The Kier molecular flexibility index (Phi) is 4.43. The van der Waals surface area contributed by atoms with E-state index in [1.807, 2.05) is 18.2 Å². The summed E-state index contributed by atoms with van der Waals surface area (Å²) >= 11 is 0. The number of hydrogen-bond donors (Lipinski definition) is 1. The zero-order chi connectivity index (χ0) is 14.8. The Hall–Kier alpha value is -1.02. The molecule has 1 saturated carbocycles. The summed E-state index contributed by atoms with van der Waals surface area (Å²) in [5.41, 5.74) is 0.736. The van der Waals surface area contributed by atoms with Crippen LogP contribution in [-0.2, 0) is 6.42 Å². The summed E-state index contributed by atoms with van der Waals surface area (Å²) in [7, 11) is 1.69. The Morgan fingerprint density at radius 3 is 2.70 bits per heavy atom. The monoisotopic (exact) mass is 276 g/mol. The van der Waals surface area contributed by atoms with Crippen LogP contribution in [0.1, 0.15) is 52.0 Å². The van der Waals surface area contributed by atoms with Crippen LogP contribution >= 0.6 is 0 Å². The lowest BCUT2D eigenvalue weighted by Gasteiger charge is -2.47. The summed E-state index contributed by atoms with van der Waals surface area (Å²) in [5, 5.41) is 11.2. The maximum Gasteiger partial charge on any atom is 0.119 e. The first kappa shape index (κ1) is 15.4. The van der Waals surface area contributed by atoms with E-state index >= 15 is 0 Å². The molecule has 1 aromatic carbocycles. The summed E-state index contributed by atoms with van der Waals surface area (Å²) in [4.78, 5) is 0. The van der Waals surface area contributed by atoms with Crippen LogP contribution in [0.2, 0.25) is 0 Å². The van der Waals surface area contributed by atoms with E-state index in [-0.39, 0.29) is 5.41 Å². The lowest BCUT2D eigenvalue weighted by Crippen LogP contribution is -2.48. The summed E-state index contributed by atoms with van der Waals surface area (Å²) in [6.07, 6.45) is 5.14. The van der Waals surface area contributed by atoms with Crippen molar-refractivity contribution in [2.75, 3.05) is 7.11 Å². The third kappa shape index (κ3) is 3.35. The third-order valence-electron chi connectivity index (χ3n) is 4.69. The molecule has 1 aliphatic rings. The maximum absolute atomic E-state index is 11.2. The Balaban J connectivity index is 2.23. The lowest BCUT2D eigenvalue weighted by molar-refractivity contribution is -0.0889. The van der Waals surface area contributed by atoms with Gasteiger partial charge in [0.15, 0.2) is 0 Å². The van der Waals surface area contributed by atoms with Gasteiger partial charge in [-0.25, -0.2) is 0 Å². The molecule has 0 bridgehead atoms. The fraction of sp³-hybridized carbons (Fsp3) is 0.667. The van der Waals surface area contributed by atoms with E-state index in [0.29, 0.717) is 5.92 Å². The molecule has 0 saturated heterocycles. The van der Waals surface area contributed by atoms with Gasteiger partial charge in [-0.15, -0.1) is 0 Å². The highest BCUT2D eigenvalue weighted by Gasteiger charge is 2.44. The van der Waals surface area contributed by atoms with E-state index < -0.39 is 5.60 Å². The fourth-order valence-electron chi connectivity index (χ4n) is 3.81. The van der Waals surface area contributed by atoms with E-state index in [1.165, 1.54) is 12.0 Å². The molecular formula is C18H28O2. The minimum absolute atomic E-state index is 0.147. The first-order valence-corrected chi connectivity index (χ1v) is 7.70. The lowest BCUT2D eigenvalue weighted by atomic mass is 9.62. The van der Waals surface area contributed by atoms with Crippen molar-refractivity contribution < 1.29 is 9.84 Å². The van der Waals surface area contributed by atoms with Crippen molar-refractivity contribution in [3.05, 3.63) is 29.8 Å². The Bertz CT molecular complexity index is 447. The van der Waals surface area contributed by atoms with Crippen LogP contribution in [0.4, 0.5) is 0 Å². The molecule has 2 rings (SSSR count). The van der Waals surface area contributed by atoms with Gasteiger partial charge in [-0.05, 0) is 41.9 Å². The Morgan fingerprint density at radius 2 is 2.05 bits per heavy atom. The largest absolute Gasteiger partial charge is 0.497 e. The molecule has 112 valence electrons. The van der Waals surface area contributed by atoms with E-state index in [2.05, 4.69) is 26.8 Å². The number of methoxy groups -OCH3 is 1. The molecule has 0 heterocycles. The number of benzene rings is 1. The molecule has 1 N–H and O–H groups in total. The first-order valence-electron chi connectivity index (χ1n) is 7.70. The summed E-state index contributed by atoms with van der Waals surface area (Å²) in [6.45, 7) is 6.75.